The van der Waals surface area contributed by atoms with Crippen molar-refractivity contribution in [2.24, 2.45) is 0 Å². The lowest BCUT2D eigenvalue weighted by atomic mass is 9.98. The highest BCUT2D eigenvalue weighted by Crippen LogP contribution is 2.18. The second-order valence-electron chi connectivity index (χ2n) is 8.55. The minimum atomic E-state index is -1.65. The Morgan fingerprint density at radius 3 is 2.28 bits per heavy atom. The number of aromatic amines is 1. The van der Waals surface area contributed by atoms with Gasteiger partial charge in [0.15, 0.2) is 0 Å². The zero-order valence-electron chi connectivity index (χ0n) is 20.1. The first-order chi connectivity index (χ1) is 17.2. The summed E-state index contributed by atoms with van der Waals surface area (Å²) in [5.74, 6) is -3.39. The normalized spacial score (nSPS) is 11.6. The first kappa shape index (κ1) is 26.4. The lowest BCUT2D eigenvalue weighted by molar-refractivity contribution is -0.146. The van der Waals surface area contributed by atoms with E-state index in [1.807, 2.05) is 44.2 Å². The number of hydrogen-bond donors (Lipinski definition) is 3. The number of benzene rings is 2. The molecule has 0 saturated carbocycles. The molecular weight excluding hydrogens is 464 g/mol. The minimum absolute atomic E-state index is 0.0313. The van der Waals surface area contributed by atoms with Gasteiger partial charge in [-0.15, -0.1) is 0 Å². The van der Waals surface area contributed by atoms with Crippen LogP contribution in [0.25, 0.3) is 5.76 Å². The molecule has 0 saturated heterocycles. The number of rotatable bonds is 11. The molecule has 188 valence electrons. The average molecular weight is 493 g/mol. The van der Waals surface area contributed by atoms with Crippen LogP contribution in [-0.2, 0) is 33.9 Å². The molecule has 9 nitrogen and oxygen atoms in total. The maximum Gasteiger partial charge on any atom is 0.376 e. The third kappa shape index (κ3) is 6.67. The van der Waals surface area contributed by atoms with E-state index in [0.29, 0.717) is 35.7 Å². The van der Waals surface area contributed by atoms with Gasteiger partial charge in [-0.1, -0.05) is 68.4 Å². The number of carbonyl (C=O) groups excluding carboxylic acids is 1. The van der Waals surface area contributed by atoms with Crippen LogP contribution < -0.4 is 11.2 Å². The summed E-state index contributed by atoms with van der Waals surface area (Å²) in [6.45, 7) is 4.06. The van der Waals surface area contributed by atoms with E-state index in [2.05, 4.69) is 4.98 Å². The third-order valence-corrected chi connectivity index (χ3v) is 5.62. The molecule has 0 unspecified atom stereocenters. The van der Waals surface area contributed by atoms with E-state index >= 15 is 0 Å². The predicted octanol–water partition coefficient (Wildman–Crippen LogP) is 3.02. The Morgan fingerprint density at radius 1 is 1.00 bits per heavy atom. The third-order valence-electron chi connectivity index (χ3n) is 5.62. The smallest absolute Gasteiger partial charge is 0.376 e. The number of nitrogens with one attached hydrogen (secondary N) is 1. The van der Waals surface area contributed by atoms with Crippen molar-refractivity contribution in [1.29, 1.82) is 0 Å². The summed E-state index contributed by atoms with van der Waals surface area (Å²) in [7, 11) is 0. The van der Waals surface area contributed by atoms with Crippen LogP contribution in [0.15, 0.2) is 70.3 Å². The van der Waals surface area contributed by atoms with E-state index in [9.17, 15) is 24.3 Å². The van der Waals surface area contributed by atoms with Crippen molar-refractivity contribution in [1.82, 2.24) is 9.55 Å². The van der Waals surface area contributed by atoms with E-state index in [4.69, 9.17) is 9.84 Å². The largest absolute Gasteiger partial charge is 0.507 e. The van der Waals surface area contributed by atoms with Crippen LogP contribution in [0.4, 0.5) is 0 Å². The van der Waals surface area contributed by atoms with Crippen LogP contribution in [0.2, 0.25) is 0 Å². The van der Waals surface area contributed by atoms with Crippen molar-refractivity contribution in [3.05, 3.63) is 109 Å². The van der Waals surface area contributed by atoms with E-state index in [-0.39, 0.29) is 24.8 Å². The van der Waals surface area contributed by atoms with Gasteiger partial charge in [-0.25, -0.2) is 9.59 Å². The number of H-pyrrole nitrogens is 1. The van der Waals surface area contributed by atoms with Crippen LogP contribution >= 0.6 is 0 Å². The molecular formula is C27H28N2O7. The standard InChI is InChI=1S/C27H28N2O7/c1-17(2)24-21(14-19-6-4-3-5-7-19)29(27(35)28-25(24)32)16-36-13-12-18-8-10-20(11-9-18)22(30)15-23(31)26(33)34/h3-11,15,17,30H,12-14,16H2,1-2H3,(H,33,34)(H,28,32,35). The number of aromatic nitrogens is 2. The van der Waals surface area contributed by atoms with Crippen molar-refractivity contribution >= 4 is 17.5 Å². The molecule has 3 rings (SSSR count). The van der Waals surface area contributed by atoms with Gasteiger partial charge in [0.2, 0.25) is 0 Å². The first-order valence-corrected chi connectivity index (χ1v) is 11.4. The highest BCUT2D eigenvalue weighted by atomic mass is 16.5. The van der Waals surface area contributed by atoms with Crippen LogP contribution in [0.1, 0.15) is 47.7 Å². The fourth-order valence-corrected chi connectivity index (χ4v) is 3.80. The van der Waals surface area contributed by atoms with Gasteiger partial charge in [-0.05, 0) is 23.5 Å². The topological polar surface area (TPSA) is 139 Å². The summed E-state index contributed by atoms with van der Waals surface area (Å²) in [4.78, 5) is 49.4. The Kier molecular flexibility index (Phi) is 8.75. The fraction of sp³-hybridized carbons (Fsp3) is 0.259. The van der Waals surface area contributed by atoms with Crippen LogP contribution in [0.3, 0.4) is 0 Å². The predicted molar refractivity (Wildman–Crippen MR) is 134 cm³/mol. The molecule has 1 heterocycles. The van der Waals surface area contributed by atoms with E-state index < -0.39 is 23.2 Å². The molecule has 0 aliphatic rings. The summed E-state index contributed by atoms with van der Waals surface area (Å²) >= 11 is 0. The maximum absolute atomic E-state index is 12.6. The molecule has 2 aromatic carbocycles. The van der Waals surface area contributed by atoms with Crippen molar-refractivity contribution in [3.63, 3.8) is 0 Å². The molecule has 0 spiro atoms. The SMILES string of the molecule is CC(C)c1c(Cc2ccccc2)n(COCCc2ccc(C(O)=CC(=O)C(=O)O)cc2)c(=O)[nH]c1=O. The summed E-state index contributed by atoms with van der Waals surface area (Å²) < 4.78 is 7.24. The van der Waals surface area contributed by atoms with Gasteiger partial charge < -0.3 is 14.9 Å². The molecule has 3 aromatic rings. The molecule has 0 aliphatic heterocycles. The van der Waals surface area contributed by atoms with Gasteiger partial charge in [0.05, 0.1) is 6.61 Å². The van der Waals surface area contributed by atoms with Crippen molar-refractivity contribution < 1.29 is 24.5 Å². The zero-order valence-corrected chi connectivity index (χ0v) is 20.1. The van der Waals surface area contributed by atoms with Gasteiger partial charge in [-0.3, -0.25) is 19.1 Å². The molecule has 0 bridgehead atoms. The first-order valence-electron chi connectivity index (χ1n) is 11.4. The Labute approximate surface area is 207 Å². The van der Waals surface area contributed by atoms with Gasteiger partial charge >= 0.3 is 11.7 Å². The molecule has 0 amide bonds. The molecule has 1 aromatic heterocycles. The highest BCUT2D eigenvalue weighted by molar-refractivity contribution is 6.38. The quantitative estimate of drug-likeness (QED) is 0.162. The Balaban J connectivity index is 1.71. The highest BCUT2D eigenvalue weighted by Gasteiger charge is 2.18. The lowest BCUT2D eigenvalue weighted by Gasteiger charge is -2.18. The molecule has 0 atom stereocenters. The number of aliphatic carboxylic acids is 1. The monoisotopic (exact) mass is 492 g/mol. The Hall–Kier alpha value is -4.24. The summed E-state index contributed by atoms with van der Waals surface area (Å²) in [6.07, 6.45) is 1.57. The van der Waals surface area contributed by atoms with Gasteiger partial charge in [-0.2, -0.15) is 0 Å². The van der Waals surface area contributed by atoms with Crippen molar-refractivity contribution in [3.8, 4) is 0 Å². The van der Waals surface area contributed by atoms with E-state index in [0.717, 1.165) is 11.1 Å². The van der Waals surface area contributed by atoms with Crippen molar-refractivity contribution in [2.75, 3.05) is 6.61 Å². The van der Waals surface area contributed by atoms with Crippen LogP contribution in [-0.4, -0.2) is 38.1 Å². The lowest BCUT2D eigenvalue weighted by Crippen LogP contribution is -2.36. The fourth-order valence-electron chi connectivity index (χ4n) is 3.80. The summed E-state index contributed by atoms with van der Waals surface area (Å²) in [5.41, 5.74) is 2.40. The molecule has 0 aliphatic carbocycles. The number of ketones is 1. The molecule has 36 heavy (non-hydrogen) atoms. The number of carboxylic acid groups (broad SMARTS) is 1. The van der Waals surface area contributed by atoms with Crippen LogP contribution in [0.5, 0.6) is 0 Å². The van der Waals surface area contributed by atoms with Gasteiger partial charge in [0.25, 0.3) is 11.3 Å². The molecule has 0 fully saturated rings. The summed E-state index contributed by atoms with van der Waals surface area (Å²) in [5, 5.41) is 18.5. The Bertz CT molecular complexity index is 1370. The average Bonchev–Trinajstić information content (AvgIpc) is 2.83. The number of nitrogens with zero attached hydrogens (tertiary/aromatic N) is 1. The number of aliphatic hydroxyl groups excluding tert-OH is 1. The molecule has 9 heteroatoms. The number of ether oxygens (including phenoxy) is 1. The molecule has 3 N–H and O–H groups in total. The van der Waals surface area contributed by atoms with Crippen molar-refractivity contribution in [2.45, 2.75) is 39.3 Å². The van der Waals surface area contributed by atoms with E-state index in [1.165, 1.54) is 4.57 Å². The van der Waals surface area contributed by atoms with Gasteiger partial charge in [0.1, 0.15) is 12.5 Å². The van der Waals surface area contributed by atoms with Crippen LogP contribution in [0, 0.1) is 0 Å². The minimum Gasteiger partial charge on any atom is -0.507 e. The number of carbonyl (C=O) groups is 2. The van der Waals surface area contributed by atoms with E-state index in [1.54, 1.807) is 24.3 Å². The number of carboxylic acids is 1. The van der Waals surface area contributed by atoms with Gasteiger partial charge in [0, 0.05) is 29.3 Å². The maximum atomic E-state index is 12.6. The second-order valence-corrected chi connectivity index (χ2v) is 8.55. The molecule has 0 radical (unpaired) electrons. The number of aliphatic hydroxyl groups is 1. The Morgan fingerprint density at radius 2 is 1.67 bits per heavy atom. The second kappa shape index (κ2) is 11.9. The number of hydrogen-bond acceptors (Lipinski definition) is 6. The zero-order chi connectivity index (χ0) is 26.2. The summed E-state index contributed by atoms with van der Waals surface area (Å²) in [6, 6.07) is 16.2.